The molecule has 0 aliphatic rings. The first-order valence-corrected chi connectivity index (χ1v) is 3.60. The van der Waals surface area contributed by atoms with E-state index >= 15 is 0 Å². The van der Waals surface area contributed by atoms with Crippen molar-refractivity contribution in [3.05, 3.63) is 30.1 Å². The van der Waals surface area contributed by atoms with Gasteiger partial charge in [0, 0.05) is 12.7 Å². The molecule has 1 aromatic heterocycles. The summed E-state index contributed by atoms with van der Waals surface area (Å²) in [6.07, 6.45) is 1.52. The molecule has 0 atom stereocenters. The molecule has 1 N–H and O–H groups in total. The molecule has 0 aliphatic carbocycles. The van der Waals surface area contributed by atoms with Crippen LogP contribution in [0, 0.1) is 0 Å². The lowest BCUT2D eigenvalue weighted by Crippen LogP contribution is -2.26. The highest BCUT2D eigenvalue weighted by Gasteiger charge is 2.03. The van der Waals surface area contributed by atoms with Crippen LogP contribution >= 0.6 is 0 Å². The molecule has 0 spiro atoms. The number of alkyl halides is 1. The van der Waals surface area contributed by atoms with Crippen LogP contribution in [0.3, 0.4) is 0 Å². The van der Waals surface area contributed by atoms with Crippen LogP contribution in [0.25, 0.3) is 0 Å². The summed E-state index contributed by atoms with van der Waals surface area (Å²) in [4.78, 5) is 14.9. The van der Waals surface area contributed by atoms with Gasteiger partial charge < -0.3 is 5.32 Å². The lowest BCUT2D eigenvalue weighted by Gasteiger charge is -1.99. The zero-order valence-corrected chi connectivity index (χ0v) is 6.46. The molecule has 0 aromatic carbocycles. The Bertz CT molecular complexity index is 250. The van der Waals surface area contributed by atoms with E-state index in [-0.39, 0.29) is 12.5 Å². The molecule has 0 aliphatic heterocycles. The second-order valence-electron chi connectivity index (χ2n) is 2.16. The van der Waals surface area contributed by atoms with E-state index in [1.165, 1.54) is 6.20 Å². The Morgan fingerprint density at radius 3 is 3.00 bits per heavy atom. The molecule has 1 heterocycles. The summed E-state index contributed by atoms with van der Waals surface area (Å²) in [5.74, 6) is -0.340. The van der Waals surface area contributed by atoms with Crippen LogP contribution in [0.4, 0.5) is 4.39 Å². The van der Waals surface area contributed by atoms with Crippen LogP contribution in [0.15, 0.2) is 24.4 Å². The molecule has 12 heavy (non-hydrogen) atoms. The molecule has 0 radical (unpaired) electrons. The summed E-state index contributed by atoms with van der Waals surface area (Å²) in [6, 6.07) is 5.00. The van der Waals surface area contributed by atoms with Gasteiger partial charge in [-0.3, -0.25) is 9.78 Å². The Hall–Kier alpha value is -1.45. The first kappa shape index (κ1) is 8.64. The van der Waals surface area contributed by atoms with Crippen LogP contribution in [-0.4, -0.2) is 24.1 Å². The van der Waals surface area contributed by atoms with Crippen molar-refractivity contribution in [3.8, 4) is 0 Å². The molecule has 1 rings (SSSR count). The molecule has 4 heteroatoms. The van der Waals surface area contributed by atoms with Gasteiger partial charge in [-0.2, -0.15) is 0 Å². The number of aromatic nitrogens is 1. The first-order valence-electron chi connectivity index (χ1n) is 3.60. The molecule has 0 bridgehead atoms. The third-order valence-electron chi connectivity index (χ3n) is 1.28. The number of halogens is 1. The van der Waals surface area contributed by atoms with Crippen LogP contribution in [0.1, 0.15) is 10.5 Å². The van der Waals surface area contributed by atoms with Crippen molar-refractivity contribution >= 4 is 5.91 Å². The van der Waals surface area contributed by atoms with Gasteiger partial charge in [0.05, 0.1) is 0 Å². The number of nitrogens with one attached hydrogen (secondary N) is 1. The Balaban J connectivity index is 2.54. The number of rotatable bonds is 3. The van der Waals surface area contributed by atoms with Crippen LogP contribution < -0.4 is 5.32 Å². The number of carbonyl (C=O) groups excluding carboxylic acids is 1. The minimum atomic E-state index is -0.557. The summed E-state index contributed by atoms with van der Waals surface area (Å²) in [7, 11) is 0. The second kappa shape index (κ2) is 4.43. The summed E-state index contributed by atoms with van der Waals surface area (Å²) in [5, 5.41) is 2.37. The molecular formula is C8H9FN2O. The van der Waals surface area contributed by atoms with E-state index in [1.807, 2.05) is 0 Å². The van der Waals surface area contributed by atoms with Gasteiger partial charge >= 0.3 is 0 Å². The number of amides is 1. The highest BCUT2D eigenvalue weighted by Crippen LogP contribution is 1.91. The topological polar surface area (TPSA) is 42.0 Å². The molecule has 0 saturated heterocycles. The van der Waals surface area contributed by atoms with Gasteiger partial charge in [-0.15, -0.1) is 0 Å². The monoisotopic (exact) mass is 168 g/mol. The molecule has 64 valence electrons. The average Bonchev–Trinajstić information content (AvgIpc) is 2.15. The van der Waals surface area contributed by atoms with E-state index < -0.39 is 6.67 Å². The van der Waals surface area contributed by atoms with E-state index in [4.69, 9.17) is 0 Å². The van der Waals surface area contributed by atoms with Gasteiger partial charge in [-0.05, 0) is 12.1 Å². The van der Waals surface area contributed by atoms with Crippen molar-refractivity contribution in [2.24, 2.45) is 0 Å². The lowest BCUT2D eigenvalue weighted by molar-refractivity contribution is 0.0946. The number of pyridine rings is 1. The van der Waals surface area contributed by atoms with E-state index in [0.29, 0.717) is 5.69 Å². The fraction of sp³-hybridized carbons (Fsp3) is 0.250. The van der Waals surface area contributed by atoms with Gasteiger partial charge in [0.25, 0.3) is 5.91 Å². The molecular weight excluding hydrogens is 159 g/mol. The van der Waals surface area contributed by atoms with E-state index in [9.17, 15) is 9.18 Å². The Morgan fingerprint density at radius 1 is 1.58 bits per heavy atom. The molecule has 3 nitrogen and oxygen atoms in total. The summed E-state index contributed by atoms with van der Waals surface area (Å²) in [5.41, 5.74) is 0.311. The number of nitrogens with zero attached hydrogens (tertiary/aromatic N) is 1. The molecule has 0 unspecified atom stereocenters. The van der Waals surface area contributed by atoms with Crippen molar-refractivity contribution in [3.63, 3.8) is 0 Å². The fourth-order valence-corrected chi connectivity index (χ4v) is 0.748. The smallest absolute Gasteiger partial charge is 0.269 e. The van der Waals surface area contributed by atoms with Crippen LogP contribution in [0.2, 0.25) is 0 Å². The maximum atomic E-state index is 11.6. The largest absolute Gasteiger partial charge is 0.348 e. The maximum Gasteiger partial charge on any atom is 0.269 e. The molecule has 1 aromatic rings. The van der Waals surface area contributed by atoms with Gasteiger partial charge in [-0.25, -0.2) is 4.39 Å². The van der Waals surface area contributed by atoms with E-state index in [0.717, 1.165) is 0 Å². The van der Waals surface area contributed by atoms with Crippen molar-refractivity contribution in [2.45, 2.75) is 0 Å². The Labute approximate surface area is 69.6 Å². The second-order valence-corrected chi connectivity index (χ2v) is 2.16. The summed E-state index contributed by atoms with van der Waals surface area (Å²) < 4.78 is 11.6. The highest BCUT2D eigenvalue weighted by molar-refractivity contribution is 5.92. The minimum Gasteiger partial charge on any atom is -0.348 e. The zero-order valence-electron chi connectivity index (χ0n) is 6.46. The Kier molecular flexibility index (Phi) is 3.19. The SMILES string of the molecule is O=C(NCCF)c1ccccn1. The molecule has 1 amide bonds. The number of hydrogen-bond acceptors (Lipinski definition) is 2. The zero-order chi connectivity index (χ0) is 8.81. The summed E-state index contributed by atoms with van der Waals surface area (Å²) in [6.45, 7) is -0.520. The number of carbonyl (C=O) groups is 1. The van der Waals surface area contributed by atoms with Gasteiger partial charge in [0.15, 0.2) is 0 Å². The fourth-order valence-electron chi connectivity index (χ4n) is 0.748. The van der Waals surface area contributed by atoms with Crippen LogP contribution in [-0.2, 0) is 0 Å². The van der Waals surface area contributed by atoms with E-state index in [2.05, 4.69) is 10.3 Å². The first-order chi connectivity index (χ1) is 5.84. The summed E-state index contributed by atoms with van der Waals surface area (Å²) >= 11 is 0. The molecule has 0 fully saturated rings. The molecule has 0 saturated carbocycles. The normalized spacial score (nSPS) is 9.42. The third-order valence-corrected chi connectivity index (χ3v) is 1.28. The van der Waals surface area contributed by atoms with Gasteiger partial charge in [0.2, 0.25) is 0 Å². The maximum absolute atomic E-state index is 11.6. The van der Waals surface area contributed by atoms with Gasteiger partial charge in [-0.1, -0.05) is 6.07 Å². The van der Waals surface area contributed by atoms with Crippen molar-refractivity contribution in [1.29, 1.82) is 0 Å². The van der Waals surface area contributed by atoms with E-state index in [1.54, 1.807) is 18.2 Å². The standard InChI is InChI=1S/C8H9FN2O/c9-4-6-11-8(12)7-3-1-2-5-10-7/h1-3,5H,4,6H2,(H,11,12). The predicted molar refractivity (Wildman–Crippen MR) is 42.5 cm³/mol. The van der Waals surface area contributed by atoms with Crippen molar-refractivity contribution in [2.75, 3.05) is 13.2 Å². The lowest BCUT2D eigenvalue weighted by atomic mass is 10.3. The number of hydrogen-bond donors (Lipinski definition) is 1. The van der Waals surface area contributed by atoms with Crippen molar-refractivity contribution < 1.29 is 9.18 Å². The predicted octanol–water partition coefficient (Wildman–Crippen LogP) is 0.781. The van der Waals surface area contributed by atoms with Crippen molar-refractivity contribution in [1.82, 2.24) is 10.3 Å². The van der Waals surface area contributed by atoms with Crippen LogP contribution in [0.5, 0.6) is 0 Å². The minimum absolute atomic E-state index is 0.0371. The van der Waals surface area contributed by atoms with Gasteiger partial charge in [0.1, 0.15) is 12.4 Å². The Morgan fingerprint density at radius 2 is 2.42 bits per heavy atom. The third kappa shape index (κ3) is 2.30. The highest BCUT2D eigenvalue weighted by atomic mass is 19.1. The quantitative estimate of drug-likeness (QED) is 0.724. The average molecular weight is 168 g/mol.